The third kappa shape index (κ3) is 4.92. The maximum absolute atomic E-state index is 12.9. The van der Waals surface area contributed by atoms with Crippen LogP contribution in [0.15, 0.2) is 48.5 Å². The van der Waals surface area contributed by atoms with E-state index < -0.39 is 5.97 Å². The Balaban J connectivity index is 1.55. The minimum atomic E-state index is -0.427. The van der Waals surface area contributed by atoms with Gasteiger partial charge in [0.25, 0.3) is 0 Å². The van der Waals surface area contributed by atoms with Crippen LogP contribution in [0, 0.1) is 11.7 Å². The van der Waals surface area contributed by atoms with Crippen molar-refractivity contribution < 1.29 is 18.7 Å². The fourth-order valence-corrected chi connectivity index (χ4v) is 3.51. The third-order valence-corrected chi connectivity index (χ3v) is 5.05. The number of esters is 1. The lowest BCUT2D eigenvalue weighted by Gasteiger charge is -2.28. The molecule has 138 valence electrons. The number of benzene rings is 2. The largest absolute Gasteiger partial charge is 0.423 e. The van der Waals surface area contributed by atoms with Crippen LogP contribution in [0.25, 0.3) is 0 Å². The summed E-state index contributed by atoms with van der Waals surface area (Å²) in [4.78, 5) is 12.2. The highest BCUT2D eigenvalue weighted by molar-refractivity contribution is 5.91. The zero-order valence-corrected chi connectivity index (χ0v) is 15.1. The summed E-state index contributed by atoms with van der Waals surface area (Å²) in [6.45, 7) is 3.70. The molecule has 0 aromatic heterocycles. The molecule has 0 saturated heterocycles. The molecule has 26 heavy (non-hydrogen) atoms. The van der Waals surface area contributed by atoms with Crippen molar-refractivity contribution >= 4 is 5.97 Å². The lowest BCUT2D eigenvalue weighted by atomic mass is 9.79. The van der Waals surface area contributed by atoms with E-state index in [1.807, 2.05) is 31.2 Å². The van der Waals surface area contributed by atoms with Gasteiger partial charge in [0.2, 0.25) is 0 Å². The van der Waals surface area contributed by atoms with Crippen LogP contribution in [0.3, 0.4) is 0 Å². The molecule has 0 unspecified atom stereocenters. The van der Waals surface area contributed by atoms with Crippen LogP contribution in [0.4, 0.5) is 4.39 Å². The summed E-state index contributed by atoms with van der Waals surface area (Å²) in [5, 5.41) is 0. The summed E-state index contributed by atoms with van der Waals surface area (Å²) in [5.41, 5.74) is 1.78. The molecule has 0 heterocycles. The van der Waals surface area contributed by atoms with Crippen molar-refractivity contribution in [3.05, 3.63) is 65.5 Å². The van der Waals surface area contributed by atoms with E-state index in [-0.39, 0.29) is 5.82 Å². The highest BCUT2D eigenvalue weighted by atomic mass is 19.1. The zero-order chi connectivity index (χ0) is 18.4. The maximum Gasteiger partial charge on any atom is 0.343 e. The van der Waals surface area contributed by atoms with E-state index in [4.69, 9.17) is 9.47 Å². The van der Waals surface area contributed by atoms with Crippen molar-refractivity contribution in [1.29, 1.82) is 0 Å². The van der Waals surface area contributed by atoms with Gasteiger partial charge in [-0.2, -0.15) is 0 Å². The van der Waals surface area contributed by atoms with E-state index in [0.717, 1.165) is 26.1 Å². The first-order valence-electron chi connectivity index (χ1n) is 9.31. The second kappa shape index (κ2) is 8.95. The van der Waals surface area contributed by atoms with E-state index in [9.17, 15) is 9.18 Å². The van der Waals surface area contributed by atoms with Crippen molar-refractivity contribution in [1.82, 2.24) is 0 Å². The van der Waals surface area contributed by atoms with E-state index in [0.29, 0.717) is 23.1 Å². The Morgan fingerprint density at radius 1 is 1.00 bits per heavy atom. The Morgan fingerprint density at radius 2 is 1.65 bits per heavy atom. The Morgan fingerprint density at radius 3 is 2.27 bits per heavy atom. The summed E-state index contributed by atoms with van der Waals surface area (Å²) in [6, 6.07) is 13.1. The van der Waals surface area contributed by atoms with E-state index >= 15 is 0 Å². The SMILES string of the molecule is CCOCC1CCC(c2ccc(C(=O)Oc3ccc(F)cc3)cc2)CC1. The molecule has 1 saturated carbocycles. The van der Waals surface area contributed by atoms with Crippen LogP contribution in [0.1, 0.15) is 54.4 Å². The molecule has 0 radical (unpaired) electrons. The molecule has 0 aliphatic heterocycles. The van der Waals surface area contributed by atoms with Gasteiger partial charge < -0.3 is 9.47 Å². The molecule has 0 amide bonds. The monoisotopic (exact) mass is 356 g/mol. The molecule has 1 fully saturated rings. The van der Waals surface area contributed by atoms with Gasteiger partial charge >= 0.3 is 5.97 Å². The fourth-order valence-electron chi connectivity index (χ4n) is 3.51. The van der Waals surface area contributed by atoms with Gasteiger partial charge in [-0.25, -0.2) is 9.18 Å². The van der Waals surface area contributed by atoms with Gasteiger partial charge in [-0.05, 0) is 86.4 Å². The van der Waals surface area contributed by atoms with Crippen LogP contribution in [0.2, 0.25) is 0 Å². The van der Waals surface area contributed by atoms with Crippen molar-refractivity contribution in [3.63, 3.8) is 0 Å². The first kappa shape index (κ1) is 18.6. The van der Waals surface area contributed by atoms with Crippen LogP contribution < -0.4 is 4.74 Å². The van der Waals surface area contributed by atoms with E-state index in [1.165, 1.54) is 42.7 Å². The van der Waals surface area contributed by atoms with E-state index in [2.05, 4.69) is 0 Å². The summed E-state index contributed by atoms with van der Waals surface area (Å²) < 4.78 is 23.7. The Bertz CT molecular complexity index is 701. The standard InChI is InChI=1S/C22H25FO3/c1-2-25-15-16-3-5-17(6-4-16)18-7-9-19(10-8-18)22(24)26-21-13-11-20(23)12-14-21/h7-14,16-17H,2-6,15H2,1H3. The van der Waals surface area contributed by atoms with Crippen molar-refractivity contribution in [2.24, 2.45) is 5.92 Å². The van der Waals surface area contributed by atoms with Crippen LogP contribution >= 0.6 is 0 Å². The first-order valence-corrected chi connectivity index (χ1v) is 9.31. The number of carbonyl (C=O) groups is 1. The number of hydrogen-bond acceptors (Lipinski definition) is 3. The molecule has 2 aromatic carbocycles. The highest BCUT2D eigenvalue weighted by Crippen LogP contribution is 2.36. The second-order valence-corrected chi connectivity index (χ2v) is 6.84. The molecular weight excluding hydrogens is 331 g/mol. The Kier molecular flexibility index (Phi) is 6.40. The lowest BCUT2D eigenvalue weighted by molar-refractivity contribution is 0.0734. The quantitative estimate of drug-likeness (QED) is 0.517. The van der Waals surface area contributed by atoms with Gasteiger partial charge in [-0.15, -0.1) is 0 Å². The molecule has 0 spiro atoms. The normalized spacial score (nSPS) is 19.9. The van der Waals surface area contributed by atoms with Gasteiger partial charge in [-0.3, -0.25) is 0 Å². The van der Waals surface area contributed by atoms with Crippen LogP contribution in [-0.4, -0.2) is 19.2 Å². The molecule has 0 N–H and O–H groups in total. The second-order valence-electron chi connectivity index (χ2n) is 6.84. The molecule has 4 heteroatoms. The predicted octanol–water partition coefficient (Wildman–Crippen LogP) is 5.36. The number of ether oxygens (including phenoxy) is 2. The fraction of sp³-hybridized carbons (Fsp3) is 0.409. The minimum absolute atomic E-state index is 0.341. The summed E-state index contributed by atoms with van der Waals surface area (Å²) >= 11 is 0. The highest BCUT2D eigenvalue weighted by Gasteiger charge is 2.22. The van der Waals surface area contributed by atoms with Crippen molar-refractivity contribution in [2.75, 3.05) is 13.2 Å². The molecule has 3 nitrogen and oxygen atoms in total. The summed E-state index contributed by atoms with van der Waals surface area (Å²) in [5.74, 6) is 0.785. The average molecular weight is 356 g/mol. The summed E-state index contributed by atoms with van der Waals surface area (Å²) in [7, 11) is 0. The van der Waals surface area contributed by atoms with E-state index in [1.54, 1.807) is 0 Å². The Labute approximate surface area is 154 Å². The molecule has 0 atom stereocenters. The molecular formula is C22H25FO3. The van der Waals surface area contributed by atoms with Crippen LogP contribution in [0.5, 0.6) is 5.75 Å². The van der Waals surface area contributed by atoms with Crippen molar-refractivity contribution in [2.45, 2.75) is 38.5 Å². The molecule has 2 aromatic rings. The van der Waals surface area contributed by atoms with Gasteiger partial charge in [0.1, 0.15) is 11.6 Å². The number of hydrogen-bond donors (Lipinski definition) is 0. The topological polar surface area (TPSA) is 35.5 Å². The molecule has 1 aliphatic rings. The number of rotatable bonds is 6. The maximum atomic E-state index is 12.9. The van der Waals surface area contributed by atoms with Crippen molar-refractivity contribution in [3.8, 4) is 5.75 Å². The molecule has 0 bridgehead atoms. The van der Waals surface area contributed by atoms with Gasteiger partial charge in [0.05, 0.1) is 5.56 Å². The molecule has 1 aliphatic carbocycles. The predicted molar refractivity (Wildman–Crippen MR) is 99.0 cm³/mol. The summed E-state index contributed by atoms with van der Waals surface area (Å²) in [6.07, 6.45) is 4.71. The minimum Gasteiger partial charge on any atom is -0.423 e. The first-order chi connectivity index (χ1) is 12.7. The molecule has 3 rings (SSSR count). The lowest BCUT2D eigenvalue weighted by Crippen LogP contribution is -2.18. The average Bonchev–Trinajstić information content (AvgIpc) is 2.68. The number of carbonyl (C=O) groups excluding carboxylic acids is 1. The van der Waals surface area contributed by atoms with Gasteiger partial charge in [0, 0.05) is 13.2 Å². The zero-order valence-electron chi connectivity index (χ0n) is 15.1. The van der Waals surface area contributed by atoms with Gasteiger partial charge in [0.15, 0.2) is 0 Å². The van der Waals surface area contributed by atoms with Gasteiger partial charge in [-0.1, -0.05) is 12.1 Å². The van der Waals surface area contributed by atoms with Crippen LogP contribution in [-0.2, 0) is 4.74 Å². The number of halogens is 1. The smallest absolute Gasteiger partial charge is 0.343 e. The Hall–Kier alpha value is -2.20. The third-order valence-electron chi connectivity index (χ3n) is 5.05.